The summed E-state index contributed by atoms with van der Waals surface area (Å²) in [6.45, 7) is 0. The molecule has 11 rings (SSSR count). The molecular weight excluding hydrogens is 560 g/mol. The largest absolute Gasteiger partial charge is 0.204 e. The number of hydrogen-bond donors (Lipinski definition) is 0. The molecule has 4 heteroatoms. The van der Waals surface area contributed by atoms with Gasteiger partial charge in [0.1, 0.15) is 0 Å². The first-order valence-electron chi connectivity index (χ1n) is 15.6. The zero-order valence-corrected chi connectivity index (χ0v) is 24.5. The molecular formula is C42H22N4. The van der Waals surface area contributed by atoms with Crippen LogP contribution in [0.4, 0.5) is 0 Å². The van der Waals surface area contributed by atoms with Crippen molar-refractivity contribution in [1.29, 1.82) is 0 Å². The fourth-order valence-corrected chi connectivity index (χ4v) is 8.13. The number of fused-ring (bicyclic) bond motifs is 4. The summed E-state index contributed by atoms with van der Waals surface area (Å²) in [5.74, 6) is 1.04. The average Bonchev–Trinajstić information content (AvgIpc) is 3.12. The topological polar surface area (TPSA) is 51.6 Å². The molecule has 0 aliphatic rings. The van der Waals surface area contributed by atoms with Gasteiger partial charge in [-0.2, -0.15) is 0 Å². The summed E-state index contributed by atoms with van der Waals surface area (Å²) in [7, 11) is 0. The maximum Gasteiger partial charge on any atom is 0.204 e. The van der Waals surface area contributed by atoms with E-state index in [1.807, 2.05) is 0 Å². The molecule has 4 nitrogen and oxygen atoms in total. The van der Waals surface area contributed by atoms with Gasteiger partial charge in [-0.05, 0) is 98.3 Å². The van der Waals surface area contributed by atoms with E-state index in [0.29, 0.717) is 11.6 Å². The Morgan fingerprint density at radius 3 is 0.891 bits per heavy atom. The second kappa shape index (κ2) is 8.68. The number of rotatable bonds is 2. The van der Waals surface area contributed by atoms with E-state index in [4.69, 9.17) is 20.4 Å². The summed E-state index contributed by atoms with van der Waals surface area (Å²) in [5.41, 5.74) is 1.86. The van der Waals surface area contributed by atoms with Crippen molar-refractivity contribution in [3.05, 3.63) is 133 Å². The molecule has 0 atom stereocenters. The van der Waals surface area contributed by atoms with Crippen LogP contribution in [-0.2, 0) is 0 Å². The summed E-state index contributed by atoms with van der Waals surface area (Å²) >= 11 is 0. The van der Waals surface area contributed by atoms with Crippen molar-refractivity contribution < 1.29 is 0 Å². The van der Waals surface area contributed by atoms with Gasteiger partial charge in [0.15, 0.2) is 0 Å². The van der Waals surface area contributed by atoms with E-state index < -0.39 is 0 Å². The van der Waals surface area contributed by atoms with Crippen molar-refractivity contribution in [2.75, 3.05) is 0 Å². The SMILES string of the molecule is c1cc2cccc3c4ccc(-c5nnc(-c6ccc7c8cccc9cccc(c%10cccc6c%107)c98)nn5)c5cccc(c(c1)c23)c54. The van der Waals surface area contributed by atoms with Gasteiger partial charge in [0, 0.05) is 11.1 Å². The number of benzene rings is 10. The molecule has 0 spiro atoms. The fourth-order valence-electron chi connectivity index (χ4n) is 8.13. The Balaban J connectivity index is 1.11. The monoisotopic (exact) mass is 582 g/mol. The normalized spacial score (nSPS) is 12.3. The minimum atomic E-state index is 0.521. The van der Waals surface area contributed by atoms with Crippen LogP contribution in [0.3, 0.4) is 0 Å². The van der Waals surface area contributed by atoms with Gasteiger partial charge in [0.25, 0.3) is 0 Å². The van der Waals surface area contributed by atoms with Crippen molar-refractivity contribution >= 4 is 86.2 Å². The average molecular weight is 583 g/mol. The lowest BCUT2D eigenvalue weighted by Crippen LogP contribution is -2.01. The quantitative estimate of drug-likeness (QED) is 0.150. The van der Waals surface area contributed by atoms with Crippen LogP contribution >= 0.6 is 0 Å². The third-order valence-electron chi connectivity index (χ3n) is 10.0. The third-order valence-corrected chi connectivity index (χ3v) is 10.0. The van der Waals surface area contributed by atoms with Gasteiger partial charge < -0.3 is 0 Å². The Bertz CT molecular complexity index is 2710. The van der Waals surface area contributed by atoms with Gasteiger partial charge in [-0.15, -0.1) is 20.4 Å². The Kier molecular flexibility index (Phi) is 4.55. The molecule has 0 unspecified atom stereocenters. The highest BCUT2D eigenvalue weighted by molar-refractivity contribution is 6.35. The molecule has 1 heterocycles. The third kappa shape index (κ3) is 3.03. The van der Waals surface area contributed by atoms with Crippen molar-refractivity contribution in [3.8, 4) is 22.8 Å². The van der Waals surface area contributed by atoms with Gasteiger partial charge in [-0.25, -0.2) is 0 Å². The zero-order valence-electron chi connectivity index (χ0n) is 24.5. The molecule has 0 saturated carbocycles. The van der Waals surface area contributed by atoms with Crippen LogP contribution in [0.25, 0.3) is 109 Å². The van der Waals surface area contributed by atoms with Crippen LogP contribution < -0.4 is 0 Å². The molecule has 0 bridgehead atoms. The molecule has 210 valence electrons. The minimum Gasteiger partial charge on any atom is -0.126 e. The van der Waals surface area contributed by atoms with Crippen LogP contribution in [0, 0.1) is 0 Å². The Morgan fingerprint density at radius 1 is 0.239 bits per heavy atom. The molecule has 0 fully saturated rings. The van der Waals surface area contributed by atoms with Crippen LogP contribution in [-0.4, -0.2) is 20.4 Å². The van der Waals surface area contributed by atoms with Crippen molar-refractivity contribution in [1.82, 2.24) is 20.4 Å². The van der Waals surface area contributed by atoms with Crippen molar-refractivity contribution in [2.24, 2.45) is 0 Å². The van der Waals surface area contributed by atoms with Crippen LogP contribution in [0.2, 0.25) is 0 Å². The van der Waals surface area contributed by atoms with Crippen molar-refractivity contribution in [3.63, 3.8) is 0 Å². The fraction of sp³-hybridized carbons (Fsp3) is 0. The highest BCUT2D eigenvalue weighted by atomic mass is 15.3. The van der Waals surface area contributed by atoms with Gasteiger partial charge in [-0.3, -0.25) is 0 Å². The molecule has 0 N–H and O–H groups in total. The Morgan fingerprint density at radius 2 is 0.522 bits per heavy atom. The smallest absolute Gasteiger partial charge is 0.126 e. The lowest BCUT2D eigenvalue weighted by molar-refractivity contribution is 0.878. The summed E-state index contributed by atoms with van der Waals surface area (Å²) in [5, 5.41) is 38.5. The summed E-state index contributed by atoms with van der Waals surface area (Å²) in [4.78, 5) is 0. The Labute approximate surface area is 262 Å². The van der Waals surface area contributed by atoms with Gasteiger partial charge >= 0.3 is 0 Å². The van der Waals surface area contributed by atoms with Crippen LogP contribution in [0.5, 0.6) is 0 Å². The molecule has 10 aromatic carbocycles. The van der Waals surface area contributed by atoms with E-state index in [1.165, 1.54) is 75.4 Å². The molecule has 0 radical (unpaired) electrons. The van der Waals surface area contributed by atoms with Crippen LogP contribution in [0.1, 0.15) is 0 Å². The van der Waals surface area contributed by atoms with E-state index in [1.54, 1.807) is 0 Å². The summed E-state index contributed by atoms with van der Waals surface area (Å²) in [6, 6.07) is 47.9. The van der Waals surface area contributed by atoms with Gasteiger partial charge in [-0.1, -0.05) is 121 Å². The summed E-state index contributed by atoms with van der Waals surface area (Å²) in [6.07, 6.45) is 0. The lowest BCUT2D eigenvalue weighted by Gasteiger charge is -2.16. The zero-order chi connectivity index (χ0) is 29.9. The second-order valence-corrected chi connectivity index (χ2v) is 12.2. The first-order valence-corrected chi connectivity index (χ1v) is 15.6. The predicted molar refractivity (Wildman–Crippen MR) is 191 cm³/mol. The van der Waals surface area contributed by atoms with E-state index >= 15 is 0 Å². The molecule has 46 heavy (non-hydrogen) atoms. The second-order valence-electron chi connectivity index (χ2n) is 12.2. The van der Waals surface area contributed by atoms with Crippen molar-refractivity contribution in [2.45, 2.75) is 0 Å². The molecule has 0 amide bonds. The Hall–Kier alpha value is -6.26. The minimum absolute atomic E-state index is 0.521. The number of aromatic nitrogens is 4. The van der Waals surface area contributed by atoms with E-state index in [0.717, 1.165) is 21.9 Å². The highest BCUT2D eigenvalue weighted by Crippen LogP contribution is 2.44. The highest BCUT2D eigenvalue weighted by Gasteiger charge is 2.19. The molecule has 11 aromatic rings. The van der Waals surface area contributed by atoms with Gasteiger partial charge in [0.2, 0.25) is 11.6 Å². The predicted octanol–water partition coefficient (Wildman–Crippen LogP) is 10.7. The first kappa shape index (κ1) is 24.1. The van der Waals surface area contributed by atoms with Gasteiger partial charge in [0.05, 0.1) is 0 Å². The van der Waals surface area contributed by atoms with E-state index in [-0.39, 0.29) is 0 Å². The first-order chi connectivity index (χ1) is 22.8. The van der Waals surface area contributed by atoms with E-state index in [9.17, 15) is 0 Å². The molecule has 0 aliphatic heterocycles. The summed E-state index contributed by atoms with van der Waals surface area (Å²) < 4.78 is 0. The molecule has 0 aliphatic carbocycles. The lowest BCUT2D eigenvalue weighted by atomic mass is 9.88. The maximum atomic E-state index is 4.69. The molecule has 1 aromatic heterocycles. The number of hydrogen-bond acceptors (Lipinski definition) is 4. The van der Waals surface area contributed by atoms with Crippen LogP contribution in [0.15, 0.2) is 133 Å². The number of nitrogens with zero attached hydrogens (tertiary/aromatic N) is 4. The standard InChI is InChI=1S/C42H22N4/c1-7-23-9-3-13-27-33-19-21-35(31-17-5-15-29(39(31)33)25(11-1)37(23)27)41-43-45-42(46-44-41)36-22-20-34-28-14-4-10-24-8-2-12-26(38(24)28)30-16-6-18-32(36)40(30)34/h1-22H. The maximum absolute atomic E-state index is 4.69. The van der Waals surface area contributed by atoms with E-state index in [2.05, 4.69) is 133 Å². The molecule has 0 saturated heterocycles.